The van der Waals surface area contributed by atoms with Crippen molar-refractivity contribution in [3.63, 3.8) is 0 Å². The number of rotatable bonds is 7. The first-order valence-electron chi connectivity index (χ1n) is 6.56. The van der Waals surface area contributed by atoms with Crippen molar-refractivity contribution in [2.75, 3.05) is 32.6 Å². The summed E-state index contributed by atoms with van der Waals surface area (Å²) in [6.45, 7) is 2.97. The van der Waals surface area contributed by atoms with Gasteiger partial charge in [-0.2, -0.15) is 0 Å². The molecule has 1 aliphatic heterocycles. The molecule has 19 heavy (non-hydrogen) atoms. The summed E-state index contributed by atoms with van der Waals surface area (Å²) in [4.78, 5) is 11.0. The van der Waals surface area contributed by atoms with E-state index >= 15 is 0 Å². The van der Waals surface area contributed by atoms with E-state index in [4.69, 9.17) is 9.84 Å². The molecule has 0 aromatic carbocycles. The van der Waals surface area contributed by atoms with Gasteiger partial charge >= 0.3 is 5.97 Å². The second-order valence-electron chi connectivity index (χ2n) is 5.21. The molecule has 1 N–H and O–H groups in total. The monoisotopic (exact) mass is 293 g/mol. The predicted octanol–water partition coefficient (Wildman–Crippen LogP) is 0.785. The number of hydrogen-bond donors (Lipinski definition) is 1. The van der Waals surface area contributed by atoms with Gasteiger partial charge in [0.2, 0.25) is 10.0 Å². The van der Waals surface area contributed by atoms with E-state index in [1.165, 1.54) is 4.31 Å². The average molecular weight is 293 g/mol. The standard InChI is InChI=1S/C12H23NO5S/c1-10-7-11(12(14)15)9-13(8-10)19(16,17)6-4-3-5-18-2/h10-11H,3-9H2,1-2H3,(H,14,15). The Bertz CT molecular complexity index is 395. The summed E-state index contributed by atoms with van der Waals surface area (Å²) >= 11 is 0. The molecule has 7 heteroatoms. The third kappa shape index (κ3) is 5.08. The Labute approximate surface area is 114 Å². The second-order valence-corrected chi connectivity index (χ2v) is 7.30. The lowest BCUT2D eigenvalue weighted by atomic mass is 9.92. The number of unbranched alkanes of at least 4 members (excludes halogenated alkanes) is 1. The maximum Gasteiger partial charge on any atom is 0.307 e. The van der Waals surface area contributed by atoms with E-state index in [-0.39, 0.29) is 18.2 Å². The van der Waals surface area contributed by atoms with E-state index in [0.29, 0.717) is 32.4 Å². The first-order valence-corrected chi connectivity index (χ1v) is 8.17. The Morgan fingerprint density at radius 2 is 2.05 bits per heavy atom. The topological polar surface area (TPSA) is 83.9 Å². The van der Waals surface area contributed by atoms with Gasteiger partial charge in [-0.1, -0.05) is 6.92 Å². The van der Waals surface area contributed by atoms with Gasteiger partial charge in [-0.15, -0.1) is 0 Å². The number of nitrogens with zero attached hydrogens (tertiary/aromatic N) is 1. The molecule has 1 rings (SSSR count). The molecule has 0 aliphatic carbocycles. The third-order valence-electron chi connectivity index (χ3n) is 3.37. The van der Waals surface area contributed by atoms with Gasteiger partial charge in [0, 0.05) is 26.8 Å². The summed E-state index contributed by atoms with van der Waals surface area (Å²) in [7, 11) is -1.77. The van der Waals surface area contributed by atoms with Crippen LogP contribution < -0.4 is 0 Å². The van der Waals surface area contributed by atoms with Gasteiger partial charge in [-0.3, -0.25) is 4.79 Å². The van der Waals surface area contributed by atoms with Crippen LogP contribution in [0.4, 0.5) is 0 Å². The number of sulfonamides is 1. The van der Waals surface area contributed by atoms with Crippen LogP contribution in [0.2, 0.25) is 0 Å². The van der Waals surface area contributed by atoms with E-state index in [2.05, 4.69) is 0 Å². The zero-order valence-electron chi connectivity index (χ0n) is 11.5. The number of methoxy groups -OCH3 is 1. The Balaban J connectivity index is 2.58. The highest BCUT2D eigenvalue weighted by Gasteiger charge is 2.34. The van der Waals surface area contributed by atoms with Crippen LogP contribution in [-0.2, 0) is 19.6 Å². The van der Waals surface area contributed by atoms with Gasteiger partial charge in [0.15, 0.2) is 0 Å². The first kappa shape index (κ1) is 16.4. The van der Waals surface area contributed by atoms with Crippen LogP contribution in [0, 0.1) is 11.8 Å². The van der Waals surface area contributed by atoms with Gasteiger partial charge in [0.25, 0.3) is 0 Å². The zero-order chi connectivity index (χ0) is 14.5. The van der Waals surface area contributed by atoms with Crippen molar-refractivity contribution in [2.24, 2.45) is 11.8 Å². The minimum absolute atomic E-state index is 0.0649. The van der Waals surface area contributed by atoms with Gasteiger partial charge in [0.05, 0.1) is 11.7 Å². The van der Waals surface area contributed by atoms with Crippen LogP contribution in [0.1, 0.15) is 26.2 Å². The Morgan fingerprint density at radius 1 is 1.37 bits per heavy atom. The number of aliphatic carboxylic acids is 1. The smallest absolute Gasteiger partial charge is 0.307 e. The first-order chi connectivity index (χ1) is 8.86. The van der Waals surface area contributed by atoms with E-state index in [1.54, 1.807) is 7.11 Å². The molecule has 2 unspecified atom stereocenters. The zero-order valence-corrected chi connectivity index (χ0v) is 12.4. The fourth-order valence-corrected chi connectivity index (χ4v) is 4.08. The highest BCUT2D eigenvalue weighted by atomic mass is 32.2. The van der Waals surface area contributed by atoms with Crippen LogP contribution in [0.3, 0.4) is 0 Å². The van der Waals surface area contributed by atoms with Crippen molar-refractivity contribution in [2.45, 2.75) is 26.2 Å². The summed E-state index contributed by atoms with van der Waals surface area (Å²) in [5, 5.41) is 9.05. The van der Waals surface area contributed by atoms with Gasteiger partial charge in [0.1, 0.15) is 0 Å². The Kier molecular flexibility index (Phi) is 6.22. The normalized spacial score (nSPS) is 25.4. The number of piperidine rings is 1. The number of ether oxygens (including phenoxy) is 1. The molecular formula is C12H23NO5S. The molecule has 1 aliphatic rings. The molecule has 0 amide bonds. The largest absolute Gasteiger partial charge is 0.481 e. The van der Waals surface area contributed by atoms with Crippen molar-refractivity contribution in [3.8, 4) is 0 Å². The molecule has 0 spiro atoms. The molecule has 0 aromatic heterocycles. The summed E-state index contributed by atoms with van der Waals surface area (Å²) in [6.07, 6.45) is 1.78. The SMILES string of the molecule is COCCCCS(=O)(=O)N1CC(C)CC(C(=O)O)C1. The summed E-state index contributed by atoms with van der Waals surface area (Å²) < 4.78 is 30.5. The summed E-state index contributed by atoms with van der Waals surface area (Å²) in [5.41, 5.74) is 0. The second kappa shape index (κ2) is 7.21. The van der Waals surface area contributed by atoms with Crippen molar-refractivity contribution < 1.29 is 23.1 Å². The van der Waals surface area contributed by atoms with E-state index in [0.717, 1.165) is 0 Å². The molecule has 6 nitrogen and oxygen atoms in total. The van der Waals surface area contributed by atoms with E-state index in [1.807, 2.05) is 6.92 Å². The molecule has 0 radical (unpaired) electrons. The van der Waals surface area contributed by atoms with Crippen LogP contribution in [-0.4, -0.2) is 56.4 Å². The lowest BCUT2D eigenvalue weighted by Crippen LogP contribution is -2.46. The van der Waals surface area contributed by atoms with Crippen molar-refractivity contribution >= 4 is 16.0 Å². The molecule has 0 aromatic rings. The molecule has 0 bridgehead atoms. The quantitative estimate of drug-likeness (QED) is 0.701. The minimum Gasteiger partial charge on any atom is -0.481 e. The predicted molar refractivity (Wildman–Crippen MR) is 71.4 cm³/mol. The van der Waals surface area contributed by atoms with Crippen LogP contribution in [0.25, 0.3) is 0 Å². The third-order valence-corrected chi connectivity index (χ3v) is 5.26. The highest BCUT2D eigenvalue weighted by Crippen LogP contribution is 2.24. The van der Waals surface area contributed by atoms with Gasteiger partial charge in [-0.25, -0.2) is 12.7 Å². The summed E-state index contributed by atoms with van der Waals surface area (Å²) in [6, 6.07) is 0. The number of carboxylic acid groups (broad SMARTS) is 1. The van der Waals surface area contributed by atoms with E-state index in [9.17, 15) is 13.2 Å². The molecule has 0 saturated carbocycles. The van der Waals surface area contributed by atoms with Crippen molar-refractivity contribution in [1.29, 1.82) is 0 Å². The molecule has 1 saturated heterocycles. The molecule has 2 atom stereocenters. The molecule has 1 fully saturated rings. The fraction of sp³-hybridized carbons (Fsp3) is 0.917. The van der Waals surface area contributed by atoms with Gasteiger partial charge in [-0.05, 0) is 25.2 Å². The summed E-state index contributed by atoms with van der Waals surface area (Å²) in [5.74, 6) is -1.35. The van der Waals surface area contributed by atoms with E-state index < -0.39 is 21.9 Å². The lowest BCUT2D eigenvalue weighted by molar-refractivity contribution is -0.143. The fourth-order valence-electron chi connectivity index (χ4n) is 2.37. The molecule has 1 heterocycles. The van der Waals surface area contributed by atoms with Gasteiger partial charge < -0.3 is 9.84 Å². The van der Waals surface area contributed by atoms with Crippen molar-refractivity contribution in [1.82, 2.24) is 4.31 Å². The number of carboxylic acids is 1. The lowest BCUT2D eigenvalue weighted by Gasteiger charge is -2.33. The maximum absolute atomic E-state index is 12.2. The van der Waals surface area contributed by atoms with Crippen LogP contribution in [0.15, 0.2) is 0 Å². The average Bonchev–Trinajstić information content (AvgIpc) is 2.34. The van der Waals surface area contributed by atoms with Crippen LogP contribution in [0.5, 0.6) is 0 Å². The number of hydrogen-bond acceptors (Lipinski definition) is 4. The van der Waals surface area contributed by atoms with Crippen LogP contribution >= 0.6 is 0 Å². The van der Waals surface area contributed by atoms with Crippen molar-refractivity contribution in [3.05, 3.63) is 0 Å². The molecular weight excluding hydrogens is 270 g/mol. The minimum atomic E-state index is -3.35. The highest BCUT2D eigenvalue weighted by molar-refractivity contribution is 7.89. The molecule has 112 valence electrons. The Morgan fingerprint density at radius 3 is 2.63 bits per heavy atom. The maximum atomic E-state index is 12.2. The number of carbonyl (C=O) groups is 1. The Hall–Kier alpha value is -0.660.